The van der Waals surface area contributed by atoms with Crippen LogP contribution in [0.2, 0.25) is 0 Å². The number of thiocarbonyl (C=S) groups is 1. The van der Waals surface area contributed by atoms with Crippen LogP contribution < -0.4 is 20.1 Å². The number of fused-ring (bicyclic) bond motifs is 3. The molecule has 0 amide bonds. The third kappa shape index (κ3) is 5.72. The summed E-state index contributed by atoms with van der Waals surface area (Å²) >= 11 is 5.54. The first-order valence-corrected chi connectivity index (χ1v) is 13.5. The summed E-state index contributed by atoms with van der Waals surface area (Å²) in [6.07, 6.45) is 2.29. The van der Waals surface area contributed by atoms with E-state index >= 15 is 0 Å². The third-order valence-corrected chi connectivity index (χ3v) is 8.14. The van der Waals surface area contributed by atoms with Crippen LogP contribution >= 0.6 is 12.2 Å². The van der Waals surface area contributed by atoms with E-state index in [1.807, 2.05) is 36.0 Å². The number of benzene rings is 2. The Morgan fingerprint density at radius 1 is 1.10 bits per heavy atom. The molecule has 6 rings (SSSR count). The van der Waals surface area contributed by atoms with Gasteiger partial charge in [-0.25, -0.2) is 4.79 Å². The highest BCUT2D eigenvalue weighted by atomic mass is 32.1. The van der Waals surface area contributed by atoms with Crippen molar-refractivity contribution in [3.63, 3.8) is 0 Å². The van der Waals surface area contributed by atoms with Crippen molar-refractivity contribution in [3.05, 3.63) is 59.8 Å². The Bertz CT molecular complexity index is 1360. The van der Waals surface area contributed by atoms with Gasteiger partial charge >= 0.3 is 5.97 Å². The van der Waals surface area contributed by atoms with E-state index in [1.165, 1.54) is 19.2 Å². The predicted molar refractivity (Wildman–Crippen MR) is 155 cm³/mol. The Labute approximate surface area is 234 Å². The van der Waals surface area contributed by atoms with E-state index in [0.29, 0.717) is 40.1 Å². The van der Waals surface area contributed by atoms with Crippen molar-refractivity contribution in [1.82, 2.24) is 20.0 Å². The molecule has 0 saturated carbocycles. The van der Waals surface area contributed by atoms with Gasteiger partial charge in [-0.2, -0.15) is 5.10 Å². The molecule has 0 aliphatic carbocycles. The smallest absolute Gasteiger partial charge is 0.337 e. The van der Waals surface area contributed by atoms with Crippen molar-refractivity contribution < 1.29 is 19.0 Å². The van der Waals surface area contributed by atoms with Crippen molar-refractivity contribution in [2.75, 3.05) is 46.3 Å². The number of nitrogens with one attached hydrogen (secondary N) is 2. The minimum Gasteiger partial charge on any atom is -0.493 e. The normalized spacial score (nSPS) is 21.7. The van der Waals surface area contributed by atoms with Gasteiger partial charge in [-0.3, -0.25) is 9.58 Å². The molecule has 10 heteroatoms. The van der Waals surface area contributed by atoms with E-state index < -0.39 is 0 Å². The molecular weight excluding hydrogens is 514 g/mol. The lowest BCUT2D eigenvalue weighted by molar-refractivity contribution is 0.0303. The van der Waals surface area contributed by atoms with E-state index in [1.54, 1.807) is 32.4 Å². The second-order valence-corrected chi connectivity index (χ2v) is 10.5. The molecule has 4 heterocycles. The predicted octanol–water partition coefficient (Wildman–Crippen LogP) is 4.06. The van der Waals surface area contributed by atoms with Crippen molar-refractivity contribution in [2.45, 2.75) is 24.8 Å². The van der Waals surface area contributed by atoms with Gasteiger partial charge in [0, 0.05) is 49.0 Å². The molecule has 4 atom stereocenters. The quantitative estimate of drug-likeness (QED) is 0.319. The number of aromatic nitrogens is 2. The molecule has 2 bridgehead atoms. The molecule has 2 aromatic carbocycles. The van der Waals surface area contributed by atoms with Crippen LogP contribution in [0.25, 0.3) is 11.3 Å². The van der Waals surface area contributed by atoms with E-state index in [2.05, 4.69) is 21.6 Å². The van der Waals surface area contributed by atoms with Gasteiger partial charge in [0.15, 0.2) is 16.6 Å². The van der Waals surface area contributed by atoms with Gasteiger partial charge in [-0.05, 0) is 80.0 Å². The maximum atomic E-state index is 11.8. The highest BCUT2D eigenvalue weighted by Gasteiger charge is 2.41. The second-order valence-electron chi connectivity index (χ2n) is 10.1. The Balaban J connectivity index is 1.20. The molecule has 3 aliphatic heterocycles. The zero-order valence-corrected chi connectivity index (χ0v) is 23.6. The maximum absolute atomic E-state index is 11.8. The minimum absolute atomic E-state index is 0.373. The first-order chi connectivity index (χ1) is 18.9. The van der Waals surface area contributed by atoms with Gasteiger partial charge in [0.05, 0.1) is 32.6 Å². The largest absolute Gasteiger partial charge is 0.493 e. The summed E-state index contributed by atoms with van der Waals surface area (Å²) in [6, 6.07) is 15.7. The molecule has 3 aliphatic rings. The zero-order chi connectivity index (χ0) is 27.5. The summed E-state index contributed by atoms with van der Waals surface area (Å²) in [7, 11) is 6.70. The van der Waals surface area contributed by atoms with Gasteiger partial charge < -0.3 is 24.8 Å². The average Bonchev–Trinajstić information content (AvgIpc) is 3.36. The van der Waals surface area contributed by atoms with Gasteiger partial charge in [0.25, 0.3) is 0 Å². The van der Waals surface area contributed by atoms with Crippen LogP contribution in [0.1, 0.15) is 34.8 Å². The van der Waals surface area contributed by atoms with E-state index in [4.69, 9.17) is 31.5 Å². The summed E-state index contributed by atoms with van der Waals surface area (Å²) in [5, 5.41) is 12.0. The summed E-state index contributed by atoms with van der Waals surface area (Å²) in [5.41, 5.74) is 4.45. The lowest BCUT2D eigenvalue weighted by Gasteiger charge is -2.50. The zero-order valence-electron chi connectivity index (χ0n) is 22.8. The highest BCUT2D eigenvalue weighted by Crippen LogP contribution is 2.42. The van der Waals surface area contributed by atoms with Crippen molar-refractivity contribution in [3.8, 4) is 22.8 Å². The van der Waals surface area contributed by atoms with Crippen LogP contribution in [0.5, 0.6) is 11.5 Å². The number of carbonyl (C=O) groups is 1. The van der Waals surface area contributed by atoms with Crippen LogP contribution in [-0.4, -0.2) is 72.8 Å². The number of hydrogen-bond acceptors (Lipinski definition) is 7. The number of hydrogen-bond donors (Lipinski definition) is 2. The lowest BCUT2D eigenvalue weighted by atomic mass is 9.74. The van der Waals surface area contributed by atoms with Crippen LogP contribution in [0, 0.1) is 5.92 Å². The lowest BCUT2D eigenvalue weighted by Crippen LogP contribution is -2.56. The minimum atomic E-state index is -0.373. The number of esters is 1. The van der Waals surface area contributed by atoms with Crippen LogP contribution in [0.15, 0.2) is 48.5 Å². The van der Waals surface area contributed by atoms with Gasteiger partial charge in [-0.1, -0.05) is 6.07 Å². The van der Waals surface area contributed by atoms with Gasteiger partial charge in [-0.15, -0.1) is 0 Å². The van der Waals surface area contributed by atoms with Crippen molar-refractivity contribution in [1.29, 1.82) is 0 Å². The SMILES string of the molecule is COC(=O)c1cccc(NC(=S)NC[C@H]2C[C@@H]3CCN2C[C@@H]3c2cc(-c3ccc(OC)c(OC)c3)nn2C)c1. The monoisotopic (exact) mass is 549 g/mol. The Kier molecular flexibility index (Phi) is 8.04. The standard InChI is InChI=1S/C29H35N5O4S/c1-33-25(15-24(32-33)19-8-9-26(36-2)27(14-19)37-3)23-17-34-11-10-18(23)13-22(34)16-30-29(39)31-21-7-5-6-20(12-21)28(35)38-4/h5-9,12,14-15,18,22-23H,10-11,13,16-17H2,1-4H3,(H2,30,31,39)/t18-,22+,23-/m0/s1. The molecule has 206 valence electrons. The molecular formula is C29H35N5O4S. The third-order valence-electron chi connectivity index (χ3n) is 7.89. The number of piperidine rings is 3. The molecule has 0 spiro atoms. The fraction of sp³-hybridized carbons (Fsp3) is 0.414. The van der Waals surface area contributed by atoms with Gasteiger partial charge in [0.1, 0.15) is 0 Å². The number of methoxy groups -OCH3 is 3. The fourth-order valence-electron chi connectivity index (χ4n) is 5.88. The molecule has 0 radical (unpaired) electrons. The molecule has 3 fully saturated rings. The molecule has 39 heavy (non-hydrogen) atoms. The molecule has 3 aromatic rings. The Morgan fingerprint density at radius 2 is 1.92 bits per heavy atom. The van der Waals surface area contributed by atoms with Gasteiger partial charge in [0.2, 0.25) is 0 Å². The maximum Gasteiger partial charge on any atom is 0.337 e. The number of nitrogens with zero attached hydrogens (tertiary/aromatic N) is 3. The number of ether oxygens (including phenoxy) is 3. The van der Waals surface area contributed by atoms with Crippen LogP contribution in [0.4, 0.5) is 5.69 Å². The molecule has 1 aromatic heterocycles. The summed E-state index contributed by atoms with van der Waals surface area (Å²) in [5.74, 6) is 2.06. The molecule has 9 nitrogen and oxygen atoms in total. The van der Waals surface area contributed by atoms with E-state index in [0.717, 1.165) is 43.0 Å². The van der Waals surface area contributed by atoms with E-state index in [9.17, 15) is 4.79 Å². The fourth-order valence-corrected chi connectivity index (χ4v) is 6.08. The first-order valence-electron chi connectivity index (χ1n) is 13.1. The summed E-state index contributed by atoms with van der Waals surface area (Å²) in [6.45, 7) is 2.87. The number of carbonyl (C=O) groups excluding carboxylic acids is 1. The highest BCUT2D eigenvalue weighted by molar-refractivity contribution is 7.80. The summed E-state index contributed by atoms with van der Waals surface area (Å²) < 4.78 is 17.7. The Hall–Kier alpha value is -3.63. The summed E-state index contributed by atoms with van der Waals surface area (Å²) in [4.78, 5) is 14.4. The molecule has 2 N–H and O–H groups in total. The number of aryl methyl sites for hydroxylation is 1. The van der Waals surface area contributed by atoms with E-state index in [-0.39, 0.29) is 5.97 Å². The second kappa shape index (κ2) is 11.6. The van der Waals surface area contributed by atoms with Crippen molar-refractivity contribution >= 4 is 29.0 Å². The molecule has 1 unspecified atom stereocenters. The first kappa shape index (κ1) is 27.0. The van der Waals surface area contributed by atoms with Crippen molar-refractivity contribution in [2.24, 2.45) is 13.0 Å². The van der Waals surface area contributed by atoms with Crippen LogP contribution in [0.3, 0.4) is 0 Å². The Morgan fingerprint density at radius 3 is 2.64 bits per heavy atom. The molecule has 3 saturated heterocycles. The topological polar surface area (TPSA) is 89.9 Å². The number of anilines is 1. The van der Waals surface area contributed by atoms with Crippen LogP contribution in [-0.2, 0) is 11.8 Å². The number of rotatable bonds is 8. The average molecular weight is 550 g/mol.